The molecule has 2 aromatic carbocycles. The monoisotopic (exact) mass is 305 g/mol. The molecule has 23 heavy (non-hydrogen) atoms. The van der Waals surface area contributed by atoms with Crippen LogP contribution in [0.4, 0.5) is 0 Å². The number of benzene rings is 2. The Bertz CT molecular complexity index is 822. The van der Waals surface area contributed by atoms with Crippen LogP contribution < -0.4 is 5.43 Å². The highest BCUT2D eigenvalue weighted by atomic mass is 16.3. The van der Waals surface area contributed by atoms with Crippen LogP contribution in [0.1, 0.15) is 15.9 Å². The highest BCUT2D eigenvalue weighted by Gasteiger charge is 2.04. The first-order valence-electron chi connectivity index (χ1n) is 7.08. The Hall–Kier alpha value is -3.34. The number of carbonyl (C=O) groups is 1. The number of amides is 1. The lowest BCUT2D eigenvalue weighted by molar-refractivity contribution is 0.0955. The summed E-state index contributed by atoms with van der Waals surface area (Å²) in [5.41, 5.74) is 4.67. The number of aromatic hydroxyl groups is 1. The van der Waals surface area contributed by atoms with Crippen LogP contribution in [0.25, 0.3) is 5.69 Å². The molecule has 0 saturated heterocycles. The van der Waals surface area contributed by atoms with Crippen LogP contribution in [0.5, 0.6) is 5.75 Å². The summed E-state index contributed by atoms with van der Waals surface area (Å²) < 4.78 is 1.96. The molecular weight excluding hydrogens is 290 g/mol. The molecule has 0 radical (unpaired) electrons. The summed E-state index contributed by atoms with van der Waals surface area (Å²) in [6, 6.07) is 17.7. The van der Waals surface area contributed by atoms with Gasteiger partial charge in [-0.25, -0.2) is 5.43 Å². The first-order valence-corrected chi connectivity index (χ1v) is 7.08. The average Bonchev–Trinajstić information content (AvgIpc) is 3.09. The Kier molecular flexibility index (Phi) is 4.20. The number of hydrogen-bond acceptors (Lipinski definition) is 3. The molecule has 0 fully saturated rings. The van der Waals surface area contributed by atoms with Crippen molar-refractivity contribution < 1.29 is 9.90 Å². The first kappa shape index (κ1) is 14.6. The molecule has 3 rings (SSSR count). The van der Waals surface area contributed by atoms with E-state index in [9.17, 15) is 9.90 Å². The molecule has 5 nitrogen and oxygen atoms in total. The van der Waals surface area contributed by atoms with Crippen LogP contribution in [0.3, 0.4) is 0 Å². The lowest BCUT2D eigenvalue weighted by Gasteiger charge is -2.04. The quantitative estimate of drug-likeness (QED) is 0.575. The third kappa shape index (κ3) is 3.65. The van der Waals surface area contributed by atoms with Crippen LogP contribution in [0.2, 0.25) is 0 Å². The maximum Gasteiger partial charge on any atom is 0.271 e. The van der Waals surface area contributed by atoms with Crippen LogP contribution in [-0.2, 0) is 0 Å². The van der Waals surface area contributed by atoms with Gasteiger partial charge in [0.15, 0.2) is 0 Å². The molecule has 1 heterocycles. The van der Waals surface area contributed by atoms with Gasteiger partial charge in [0.2, 0.25) is 0 Å². The van der Waals surface area contributed by atoms with Gasteiger partial charge in [0.05, 0.1) is 6.21 Å². The second kappa shape index (κ2) is 6.62. The number of carbonyl (C=O) groups excluding carboxylic acids is 1. The van der Waals surface area contributed by atoms with E-state index in [2.05, 4.69) is 10.5 Å². The fourth-order valence-electron chi connectivity index (χ4n) is 2.13. The van der Waals surface area contributed by atoms with Crippen molar-refractivity contribution in [3.63, 3.8) is 0 Å². The summed E-state index contributed by atoms with van der Waals surface area (Å²) in [5.74, 6) is -0.138. The number of phenols is 1. The van der Waals surface area contributed by atoms with Crippen molar-refractivity contribution in [2.45, 2.75) is 0 Å². The summed E-state index contributed by atoms with van der Waals surface area (Å²) in [7, 11) is 0. The number of hydrazone groups is 1. The van der Waals surface area contributed by atoms with Crippen molar-refractivity contribution in [2.24, 2.45) is 5.10 Å². The summed E-state index contributed by atoms with van der Waals surface area (Å²) in [4.78, 5) is 12.0. The van der Waals surface area contributed by atoms with Crippen molar-refractivity contribution >= 4 is 12.1 Å². The molecule has 1 amide bonds. The number of hydrogen-bond donors (Lipinski definition) is 2. The Balaban J connectivity index is 1.64. The van der Waals surface area contributed by atoms with E-state index in [1.807, 2.05) is 41.2 Å². The molecule has 0 spiro atoms. The fourth-order valence-corrected chi connectivity index (χ4v) is 2.13. The van der Waals surface area contributed by atoms with Gasteiger partial charge in [0, 0.05) is 23.6 Å². The van der Waals surface area contributed by atoms with Crippen LogP contribution in [0.15, 0.2) is 78.2 Å². The van der Waals surface area contributed by atoms with Gasteiger partial charge < -0.3 is 9.67 Å². The minimum atomic E-state index is -0.291. The lowest BCUT2D eigenvalue weighted by Crippen LogP contribution is -2.17. The largest absolute Gasteiger partial charge is 0.508 e. The van der Waals surface area contributed by atoms with Crippen molar-refractivity contribution in [1.82, 2.24) is 9.99 Å². The zero-order chi connectivity index (χ0) is 16.1. The highest BCUT2D eigenvalue weighted by molar-refractivity contribution is 5.95. The zero-order valence-electron chi connectivity index (χ0n) is 12.3. The third-order valence-electron chi connectivity index (χ3n) is 3.28. The number of nitrogens with zero attached hydrogens (tertiary/aromatic N) is 2. The van der Waals surface area contributed by atoms with E-state index in [-0.39, 0.29) is 11.7 Å². The molecule has 0 aliphatic heterocycles. The predicted octanol–water partition coefficient (Wildman–Crippen LogP) is 2.95. The molecule has 0 saturated carbocycles. The van der Waals surface area contributed by atoms with E-state index in [1.165, 1.54) is 6.21 Å². The normalized spacial score (nSPS) is 10.8. The van der Waals surface area contributed by atoms with E-state index >= 15 is 0 Å². The highest BCUT2D eigenvalue weighted by Crippen LogP contribution is 2.10. The molecule has 0 bridgehead atoms. The van der Waals surface area contributed by atoms with E-state index in [0.29, 0.717) is 11.1 Å². The van der Waals surface area contributed by atoms with Crippen molar-refractivity contribution in [1.29, 1.82) is 0 Å². The minimum Gasteiger partial charge on any atom is -0.508 e. The Morgan fingerprint density at radius 2 is 1.78 bits per heavy atom. The average molecular weight is 305 g/mol. The van der Waals surface area contributed by atoms with Gasteiger partial charge in [-0.3, -0.25) is 4.79 Å². The van der Waals surface area contributed by atoms with Gasteiger partial charge in [0.25, 0.3) is 5.91 Å². The van der Waals surface area contributed by atoms with E-state index in [1.54, 1.807) is 36.4 Å². The number of aromatic nitrogens is 1. The molecule has 114 valence electrons. The van der Waals surface area contributed by atoms with Gasteiger partial charge >= 0.3 is 0 Å². The van der Waals surface area contributed by atoms with Crippen molar-refractivity contribution in [2.75, 3.05) is 0 Å². The van der Waals surface area contributed by atoms with Gasteiger partial charge in [-0.05, 0) is 54.1 Å². The zero-order valence-corrected chi connectivity index (χ0v) is 12.3. The standard InChI is InChI=1S/C18H15N3O2/c22-17-5-3-4-14(12-17)13-19-20-18(23)15-6-8-16(9-7-15)21-10-1-2-11-21/h1-13,22H,(H,20,23)/b19-13+. The maximum atomic E-state index is 12.0. The first-order chi connectivity index (χ1) is 11.2. The molecule has 0 atom stereocenters. The molecule has 0 aliphatic carbocycles. The van der Waals surface area contributed by atoms with Gasteiger partial charge in [-0.15, -0.1) is 0 Å². The summed E-state index contributed by atoms with van der Waals surface area (Å²) in [6.45, 7) is 0. The van der Waals surface area contributed by atoms with Crippen LogP contribution >= 0.6 is 0 Å². The predicted molar refractivity (Wildman–Crippen MR) is 88.9 cm³/mol. The molecule has 0 aliphatic rings. The van der Waals surface area contributed by atoms with Gasteiger partial charge in [-0.2, -0.15) is 5.10 Å². The number of rotatable bonds is 4. The van der Waals surface area contributed by atoms with Crippen LogP contribution in [-0.4, -0.2) is 21.8 Å². The van der Waals surface area contributed by atoms with Gasteiger partial charge in [-0.1, -0.05) is 12.1 Å². The number of nitrogens with one attached hydrogen (secondary N) is 1. The van der Waals surface area contributed by atoms with E-state index < -0.39 is 0 Å². The number of phenolic OH excluding ortho intramolecular Hbond substituents is 1. The Morgan fingerprint density at radius 1 is 1.04 bits per heavy atom. The van der Waals surface area contributed by atoms with Crippen molar-refractivity contribution in [3.05, 3.63) is 84.2 Å². The van der Waals surface area contributed by atoms with E-state index in [0.717, 1.165) is 5.69 Å². The topological polar surface area (TPSA) is 66.6 Å². The Labute approximate surface area is 133 Å². The van der Waals surface area contributed by atoms with Gasteiger partial charge in [0.1, 0.15) is 5.75 Å². The molecule has 0 unspecified atom stereocenters. The second-order valence-electron chi connectivity index (χ2n) is 4.93. The molecule has 1 aromatic heterocycles. The summed E-state index contributed by atoms with van der Waals surface area (Å²) >= 11 is 0. The SMILES string of the molecule is O=C(N/N=C/c1cccc(O)c1)c1ccc(-n2cccc2)cc1. The summed E-state index contributed by atoms with van der Waals surface area (Å²) in [6.07, 6.45) is 5.36. The molecular formula is C18H15N3O2. The second-order valence-corrected chi connectivity index (χ2v) is 4.93. The molecule has 3 aromatic rings. The van der Waals surface area contributed by atoms with Crippen molar-refractivity contribution in [3.8, 4) is 11.4 Å². The smallest absolute Gasteiger partial charge is 0.271 e. The third-order valence-corrected chi connectivity index (χ3v) is 3.28. The lowest BCUT2D eigenvalue weighted by atomic mass is 10.2. The molecule has 2 N–H and O–H groups in total. The Morgan fingerprint density at radius 3 is 2.48 bits per heavy atom. The molecule has 5 heteroatoms. The summed E-state index contributed by atoms with van der Waals surface area (Å²) in [5, 5.41) is 13.2. The maximum absolute atomic E-state index is 12.0. The van der Waals surface area contributed by atoms with Crippen LogP contribution in [0, 0.1) is 0 Å². The van der Waals surface area contributed by atoms with E-state index in [4.69, 9.17) is 0 Å². The fraction of sp³-hybridized carbons (Fsp3) is 0. The minimum absolute atomic E-state index is 0.154.